The predicted molar refractivity (Wildman–Crippen MR) is 299 cm³/mol. The second-order valence-corrected chi connectivity index (χ2v) is 19.0. The number of allylic oxidation sites excluding steroid dienone is 2. The summed E-state index contributed by atoms with van der Waals surface area (Å²) in [6.07, 6.45) is -1.42. The van der Waals surface area contributed by atoms with Crippen LogP contribution in [0.4, 0.5) is 28.4 Å². The monoisotopic (exact) mass is 926 g/mol. The molecule has 0 N–H and O–H groups in total. The Morgan fingerprint density at radius 1 is 0.514 bits per heavy atom. The fourth-order valence-corrected chi connectivity index (χ4v) is 12.6. The average Bonchev–Trinajstić information content (AvgIpc) is 1.81. The highest BCUT2D eigenvalue weighted by Gasteiger charge is 2.46. The molecule has 0 spiro atoms. The molecule has 72 heavy (non-hydrogen) atoms. The van der Waals surface area contributed by atoms with Crippen LogP contribution >= 0.6 is 0 Å². The fraction of sp³-hybridized carbons (Fsp3) is 0.0435. The van der Waals surface area contributed by atoms with Crippen molar-refractivity contribution in [1.82, 2.24) is 0 Å². The van der Waals surface area contributed by atoms with E-state index in [1.807, 2.05) is 54.6 Å². The molecule has 2 atom stereocenters. The molecule has 2 aliphatic carbocycles. The molecule has 2 unspecified atom stereocenters. The van der Waals surface area contributed by atoms with E-state index in [1.54, 1.807) is 4.90 Å². The summed E-state index contributed by atoms with van der Waals surface area (Å²) in [4.78, 5) is 3.82. The molecule has 2 aliphatic heterocycles. The van der Waals surface area contributed by atoms with Gasteiger partial charge in [0, 0.05) is 51.3 Å². The van der Waals surface area contributed by atoms with Crippen LogP contribution in [0, 0.1) is 0 Å². The molecule has 0 fully saturated rings. The Morgan fingerprint density at radius 2 is 1.17 bits per heavy atom. The molecule has 0 saturated carbocycles. The van der Waals surface area contributed by atoms with Crippen molar-refractivity contribution in [2.75, 3.05) is 9.80 Å². The van der Waals surface area contributed by atoms with Crippen LogP contribution < -0.4 is 9.80 Å². The highest BCUT2D eigenvalue weighted by atomic mass is 16.3. The van der Waals surface area contributed by atoms with Crippen molar-refractivity contribution < 1.29 is 18.1 Å². The molecule has 3 heterocycles. The standard InChI is InChI=1S/C69H44N2O/c1-2-20-45(21-3-1)69(61-30-10-6-23-51(61)52-24-7-11-31-62(52)69)46-35-37-47(38-36-46)70(48-39-44-17-4-5-22-50(44)58(40-48)57-29-16-28-56-54-26-9-13-34-65(54)72-68(56)57)49-41-59-53-25-8-12-32-63(53)71-64-33-15-19-43-18-14-27-55(66(43)64)60(42-49)67(59)71/h1-31,33-42,63H,32H2/i8D,12D,14D,15D,18D,19D,25D,27D,32D,33D. The van der Waals surface area contributed by atoms with E-state index in [4.69, 9.17) is 8.53 Å². The maximum absolute atomic E-state index is 9.73. The second kappa shape index (κ2) is 14.9. The van der Waals surface area contributed by atoms with Crippen molar-refractivity contribution in [3.8, 4) is 33.4 Å². The van der Waals surface area contributed by atoms with Gasteiger partial charge < -0.3 is 14.2 Å². The van der Waals surface area contributed by atoms with Crippen molar-refractivity contribution in [2.24, 2.45) is 0 Å². The van der Waals surface area contributed by atoms with E-state index in [0.717, 1.165) is 88.6 Å². The smallest absolute Gasteiger partial charge is 0.143 e. The Morgan fingerprint density at radius 3 is 2.00 bits per heavy atom. The molecule has 0 radical (unpaired) electrons. The zero-order valence-electron chi connectivity index (χ0n) is 48.4. The molecule has 3 nitrogen and oxygen atoms in total. The van der Waals surface area contributed by atoms with Gasteiger partial charge >= 0.3 is 0 Å². The van der Waals surface area contributed by atoms with Crippen LogP contribution in [0.5, 0.6) is 0 Å². The number of nitrogens with zero attached hydrogens (tertiary/aromatic N) is 2. The van der Waals surface area contributed by atoms with Crippen molar-refractivity contribution >= 4 is 77.5 Å². The van der Waals surface area contributed by atoms with Crippen LogP contribution in [0.2, 0.25) is 0 Å². The Kier molecular flexibility index (Phi) is 6.45. The molecule has 0 saturated heterocycles. The predicted octanol–water partition coefficient (Wildman–Crippen LogP) is 18.2. The van der Waals surface area contributed by atoms with E-state index in [-0.39, 0.29) is 51.8 Å². The minimum absolute atomic E-state index is 0.0675. The van der Waals surface area contributed by atoms with Gasteiger partial charge in [0.05, 0.1) is 35.2 Å². The first-order valence-electron chi connectivity index (χ1n) is 29.4. The maximum atomic E-state index is 9.73. The normalized spacial score (nSPS) is 18.8. The van der Waals surface area contributed by atoms with Crippen LogP contribution in [0.15, 0.2) is 253 Å². The van der Waals surface area contributed by atoms with Gasteiger partial charge in [0.25, 0.3) is 0 Å². The molecule has 4 aliphatic rings. The Bertz CT molecular complexity index is 4860. The third-order valence-corrected chi connectivity index (χ3v) is 15.5. The molecule has 16 rings (SSSR count). The van der Waals surface area contributed by atoms with Gasteiger partial charge in [-0.2, -0.15) is 0 Å². The molecular weight excluding hydrogens is 873 g/mol. The van der Waals surface area contributed by atoms with Gasteiger partial charge in [-0.15, -0.1) is 0 Å². The molecule has 0 bridgehead atoms. The van der Waals surface area contributed by atoms with E-state index in [2.05, 4.69) is 144 Å². The van der Waals surface area contributed by atoms with Crippen molar-refractivity contribution in [3.63, 3.8) is 0 Å². The molecule has 336 valence electrons. The molecule has 11 aromatic carbocycles. The Balaban J connectivity index is 1.02. The summed E-state index contributed by atoms with van der Waals surface area (Å²) in [5.41, 5.74) is 13.2. The largest absolute Gasteiger partial charge is 0.455 e. The summed E-state index contributed by atoms with van der Waals surface area (Å²) in [6.45, 7) is 0. The summed E-state index contributed by atoms with van der Waals surface area (Å²) in [7, 11) is 0. The van der Waals surface area contributed by atoms with Gasteiger partial charge in [-0.3, -0.25) is 0 Å². The highest BCUT2D eigenvalue weighted by Crippen LogP contribution is 2.60. The number of furan rings is 1. The van der Waals surface area contributed by atoms with Crippen LogP contribution in [0.25, 0.3) is 82.4 Å². The lowest BCUT2D eigenvalue weighted by Gasteiger charge is -2.35. The van der Waals surface area contributed by atoms with Gasteiger partial charge in [-0.05, 0) is 121 Å². The average molecular weight is 927 g/mol. The first-order valence-corrected chi connectivity index (χ1v) is 24.3. The molecular formula is C69H44N2O. The van der Waals surface area contributed by atoms with Crippen molar-refractivity contribution in [2.45, 2.75) is 17.9 Å². The molecule has 0 amide bonds. The lowest BCUT2D eigenvalue weighted by Crippen LogP contribution is -2.28. The molecule has 1 aromatic heterocycles. The Hall–Kier alpha value is -9.18. The minimum Gasteiger partial charge on any atom is -0.455 e. The first-order chi connectivity index (χ1) is 39.9. The maximum Gasteiger partial charge on any atom is 0.143 e. The lowest BCUT2D eigenvalue weighted by atomic mass is 9.68. The Labute approximate surface area is 431 Å². The van der Waals surface area contributed by atoms with Gasteiger partial charge in [0.1, 0.15) is 11.2 Å². The van der Waals surface area contributed by atoms with Crippen LogP contribution in [0.1, 0.15) is 47.9 Å². The van der Waals surface area contributed by atoms with Gasteiger partial charge in [-0.1, -0.05) is 200 Å². The number of fused-ring (bicyclic) bond motifs is 12. The lowest BCUT2D eigenvalue weighted by molar-refractivity contribution is 0.670. The number of rotatable bonds is 6. The van der Waals surface area contributed by atoms with E-state index in [1.165, 1.54) is 0 Å². The fourth-order valence-electron chi connectivity index (χ4n) is 12.6. The first kappa shape index (κ1) is 31.1. The number of hydrogen-bond acceptors (Lipinski definition) is 3. The van der Waals surface area contributed by atoms with E-state index in [9.17, 15) is 9.60 Å². The summed E-state index contributed by atoms with van der Waals surface area (Å²) in [6, 6.07) is 62.4. The van der Waals surface area contributed by atoms with Gasteiger partial charge in [0.2, 0.25) is 0 Å². The van der Waals surface area contributed by atoms with Crippen LogP contribution in [0.3, 0.4) is 0 Å². The van der Waals surface area contributed by atoms with Crippen molar-refractivity contribution in [3.05, 3.63) is 276 Å². The van der Waals surface area contributed by atoms with Gasteiger partial charge in [0.15, 0.2) is 0 Å². The van der Waals surface area contributed by atoms with E-state index in [0.29, 0.717) is 22.5 Å². The third kappa shape index (κ3) is 5.34. The zero-order valence-corrected chi connectivity index (χ0v) is 38.4. The number of anilines is 5. The number of benzene rings is 11. The number of para-hydroxylation sites is 2. The summed E-state index contributed by atoms with van der Waals surface area (Å²) >= 11 is 0. The van der Waals surface area contributed by atoms with Crippen molar-refractivity contribution in [1.29, 1.82) is 0 Å². The van der Waals surface area contributed by atoms with Crippen LogP contribution in [-0.2, 0) is 5.41 Å². The SMILES string of the molecule is [2H]C1=C([2H])C([2H])C2C(=C1[2H])c1cc(N(c3ccc(C4(c5ccccc5)c5ccccc5-c5ccccc54)cc3)c3cc(-c4cccc5c4oc4ccccc45)c4ccccc4c3)cc3c1N2c1c([2H])c([2H])c([2H])c2c([2H])c([2H])c([2H])c-3c12. The molecule has 3 heteroatoms. The topological polar surface area (TPSA) is 19.6 Å². The van der Waals surface area contributed by atoms with E-state index >= 15 is 0 Å². The highest BCUT2D eigenvalue weighted by molar-refractivity contribution is 6.18. The third-order valence-electron chi connectivity index (χ3n) is 15.5. The van der Waals surface area contributed by atoms with Crippen LogP contribution in [-0.4, -0.2) is 6.04 Å². The zero-order chi connectivity index (χ0) is 55.8. The summed E-state index contributed by atoms with van der Waals surface area (Å²) < 4.78 is 100. The second-order valence-electron chi connectivity index (χ2n) is 19.0. The number of hydrogen-bond donors (Lipinski definition) is 0. The quantitative estimate of drug-likeness (QED) is 0.166. The molecule has 12 aromatic rings. The summed E-state index contributed by atoms with van der Waals surface area (Å²) in [5, 5.41) is 3.98. The van der Waals surface area contributed by atoms with E-state index < -0.39 is 48.1 Å². The van der Waals surface area contributed by atoms with Gasteiger partial charge in [-0.25, -0.2) is 0 Å². The minimum atomic E-state index is -1.42. The summed E-state index contributed by atoms with van der Waals surface area (Å²) in [5.74, 6) is 0.